The minimum atomic E-state index is -0.321. The van der Waals surface area contributed by atoms with Crippen molar-refractivity contribution in [2.75, 3.05) is 49.1 Å². The number of hydrogen-bond acceptors (Lipinski definition) is 9. The van der Waals surface area contributed by atoms with Crippen molar-refractivity contribution in [3.05, 3.63) is 76.6 Å². The quantitative estimate of drug-likeness (QED) is 0.291. The average molecular weight is 500 g/mol. The summed E-state index contributed by atoms with van der Waals surface area (Å²) in [5, 5.41) is 20.9. The molecule has 0 radical (unpaired) electrons. The van der Waals surface area contributed by atoms with Crippen LogP contribution in [0.3, 0.4) is 0 Å². The molecule has 2 fully saturated rings. The van der Waals surface area contributed by atoms with E-state index in [9.17, 15) is 10.1 Å². The standard InChI is InChI=1S/C26H29N9O2/c36-35(37)24-25(32-12-10-21(11-13-32)34-23-9-5-4-8-22(23)29-30-34)27-19-28-26(24)33-16-14-31(15-17-33)18-20-6-2-1-3-7-20/h1-9,19,21H,10-18H2. The number of para-hydroxylation sites is 1. The number of nitrogens with zero attached hydrogens (tertiary/aromatic N) is 9. The highest BCUT2D eigenvalue weighted by molar-refractivity contribution is 5.74. The Morgan fingerprint density at radius 1 is 0.838 bits per heavy atom. The molecule has 2 aliphatic rings. The zero-order chi connectivity index (χ0) is 25.2. The predicted molar refractivity (Wildman–Crippen MR) is 141 cm³/mol. The Bertz CT molecular complexity index is 1380. The summed E-state index contributed by atoms with van der Waals surface area (Å²) in [7, 11) is 0. The van der Waals surface area contributed by atoms with Gasteiger partial charge in [-0.1, -0.05) is 47.7 Å². The molecule has 11 nitrogen and oxygen atoms in total. The second-order valence-corrected chi connectivity index (χ2v) is 9.62. The van der Waals surface area contributed by atoms with Crippen molar-refractivity contribution in [1.82, 2.24) is 29.9 Å². The van der Waals surface area contributed by atoms with E-state index in [4.69, 9.17) is 0 Å². The summed E-state index contributed by atoms with van der Waals surface area (Å²) in [4.78, 5) is 27.1. The molecule has 0 bridgehead atoms. The van der Waals surface area contributed by atoms with Crippen LogP contribution in [-0.2, 0) is 6.54 Å². The van der Waals surface area contributed by atoms with Crippen molar-refractivity contribution in [2.24, 2.45) is 0 Å². The third-order valence-electron chi connectivity index (χ3n) is 7.37. The van der Waals surface area contributed by atoms with Gasteiger partial charge in [-0.15, -0.1) is 5.10 Å². The molecule has 37 heavy (non-hydrogen) atoms. The van der Waals surface area contributed by atoms with Crippen LogP contribution >= 0.6 is 0 Å². The molecule has 0 spiro atoms. The summed E-state index contributed by atoms with van der Waals surface area (Å²) in [6.45, 7) is 5.20. The first-order valence-corrected chi connectivity index (χ1v) is 12.7. The molecule has 2 aliphatic heterocycles. The fourth-order valence-corrected chi connectivity index (χ4v) is 5.43. The molecule has 0 amide bonds. The molecule has 0 saturated carbocycles. The highest BCUT2D eigenvalue weighted by Gasteiger charge is 2.33. The maximum Gasteiger partial charge on any atom is 0.353 e. The van der Waals surface area contributed by atoms with E-state index in [0.29, 0.717) is 37.8 Å². The van der Waals surface area contributed by atoms with Crippen molar-refractivity contribution in [1.29, 1.82) is 0 Å². The van der Waals surface area contributed by atoms with Gasteiger partial charge in [0.15, 0.2) is 0 Å². The number of piperidine rings is 1. The van der Waals surface area contributed by atoms with Crippen LogP contribution in [-0.4, -0.2) is 74.1 Å². The van der Waals surface area contributed by atoms with Gasteiger partial charge in [0.2, 0.25) is 11.6 Å². The summed E-state index contributed by atoms with van der Waals surface area (Å²) in [6.07, 6.45) is 3.08. The predicted octanol–water partition coefficient (Wildman–Crippen LogP) is 3.29. The van der Waals surface area contributed by atoms with Crippen LogP contribution in [0.5, 0.6) is 0 Å². The first kappa shape index (κ1) is 23.3. The molecular weight excluding hydrogens is 470 g/mol. The number of hydrogen-bond donors (Lipinski definition) is 0. The van der Waals surface area contributed by atoms with E-state index in [1.165, 1.54) is 11.9 Å². The van der Waals surface area contributed by atoms with Crippen molar-refractivity contribution in [3.63, 3.8) is 0 Å². The van der Waals surface area contributed by atoms with Gasteiger partial charge in [0.05, 0.1) is 16.5 Å². The van der Waals surface area contributed by atoms with E-state index in [0.717, 1.165) is 43.5 Å². The largest absolute Gasteiger partial charge is 0.353 e. The lowest BCUT2D eigenvalue weighted by atomic mass is 10.0. The van der Waals surface area contributed by atoms with Crippen LogP contribution < -0.4 is 9.80 Å². The van der Waals surface area contributed by atoms with Gasteiger partial charge < -0.3 is 9.80 Å². The Hall–Kier alpha value is -4.12. The SMILES string of the molecule is O=[N+]([O-])c1c(N2CCC(n3nnc4ccccc43)CC2)ncnc1N1CCN(Cc2ccccc2)CC1. The molecule has 11 heteroatoms. The first-order chi connectivity index (χ1) is 18.2. The Labute approximate surface area is 214 Å². The Balaban J connectivity index is 1.16. The minimum absolute atomic E-state index is 0.00339. The minimum Gasteiger partial charge on any atom is -0.351 e. The van der Waals surface area contributed by atoms with Gasteiger partial charge in [0.1, 0.15) is 11.8 Å². The van der Waals surface area contributed by atoms with E-state index < -0.39 is 0 Å². The lowest BCUT2D eigenvalue weighted by molar-refractivity contribution is -0.383. The number of fused-ring (bicyclic) bond motifs is 1. The van der Waals surface area contributed by atoms with Gasteiger partial charge in [-0.25, -0.2) is 14.6 Å². The first-order valence-electron chi connectivity index (χ1n) is 12.7. The van der Waals surface area contributed by atoms with E-state index in [-0.39, 0.29) is 16.7 Å². The smallest absolute Gasteiger partial charge is 0.351 e. The van der Waals surface area contributed by atoms with Crippen LogP contribution in [0.4, 0.5) is 17.3 Å². The number of aromatic nitrogens is 5. The third-order valence-corrected chi connectivity index (χ3v) is 7.37. The Morgan fingerprint density at radius 2 is 1.49 bits per heavy atom. The van der Waals surface area contributed by atoms with Gasteiger partial charge >= 0.3 is 5.69 Å². The summed E-state index contributed by atoms with van der Waals surface area (Å²) in [6, 6.07) is 18.5. The molecule has 0 aliphatic carbocycles. The second kappa shape index (κ2) is 10.1. The zero-order valence-corrected chi connectivity index (χ0v) is 20.6. The van der Waals surface area contributed by atoms with Crippen LogP contribution in [0.2, 0.25) is 0 Å². The Kier molecular flexibility index (Phi) is 6.35. The number of nitro groups is 1. The number of benzene rings is 2. The number of rotatable bonds is 6. The third kappa shape index (κ3) is 4.69. The molecule has 4 aromatic rings. The van der Waals surface area contributed by atoms with Crippen molar-refractivity contribution in [3.8, 4) is 0 Å². The van der Waals surface area contributed by atoms with E-state index in [1.54, 1.807) is 0 Å². The van der Waals surface area contributed by atoms with Gasteiger partial charge in [-0.3, -0.25) is 15.0 Å². The van der Waals surface area contributed by atoms with Gasteiger partial charge in [-0.2, -0.15) is 0 Å². The summed E-state index contributed by atoms with van der Waals surface area (Å²) >= 11 is 0. The van der Waals surface area contributed by atoms with Crippen molar-refractivity contribution in [2.45, 2.75) is 25.4 Å². The molecule has 6 rings (SSSR count). The fraction of sp³-hybridized carbons (Fsp3) is 0.385. The summed E-state index contributed by atoms with van der Waals surface area (Å²) in [5.41, 5.74) is 3.17. The lowest BCUT2D eigenvalue weighted by Gasteiger charge is -2.36. The van der Waals surface area contributed by atoms with E-state index in [1.807, 2.05) is 56.9 Å². The second-order valence-electron chi connectivity index (χ2n) is 9.62. The molecule has 2 aromatic carbocycles. The van der Waals surface area contributed by atoms with E-state index in [2.05, 4.69) is 37.3 Å². The molecule has 2 saturated heterocycles. The Morgan fingerprint density at radius 3 is 2.19 bits per heavy atom. The molecular formula is C26H29N9O2. The number of piperazine rings is 1. The molecule has 190 valence electrons. The highest BCUT2D eigenvalue weighted by atomic mass is 16.6. The molecule has 2 aromatic heterocycles. The van der Waals surface area contributed by atoms with E-state index >= 15 is 0 Å². The average Bonchev–Trinajstić information content (AvgIpc) is 3.38. The molecule has 0 N–H and O–H groups in total. The van der Waals surface area contributed by atoms with Crippen molar-refractivity contribution >= 4 is 28.4 Å². The summed E-state index contributed by atoms with van der Waals surface area (Å²) < 4.78 is 1.99. The molecule has 4 heterocycles. The summed E-state index contributed by atoms with van der Waals surface area (Å²) in [5.74, 6) is 0.822. The normalized spacial score (nSPS) is 17.4. The lowest BCUT2D eigenvalue weighted by Crippen LogP contribution is -2.46. The number of anilines is 2. The highest BCUT2D eigenvalue weighted by Crippen LogP contribution is 2.37. The molecule has 0 unspecified atom stereocenters. The maximum atomic E-state index is 12.3. The van der Waals surface area contributed by atoms with Gasteiger partial charge in [0, 0.05) is 45.8 Å². The maximum absolute atomic E-state index is 12.3. The monoisotopic (exact) mass is 499 g/mol. The van der Waals surface area contributed by atoms with Crippen LogP contribution in [0.1, 0.15) is 24.4 Å². The zero-order valence-electron chi connectivity index (χ0n) is 20.6. The molecule has 0 atom stereocenters. The van der Waals surface area contributed by atoms with Gasteiger partial charge in [0.25, 0.3) is 0 Å². The van der Waals surface area contributed by atoms with Crippen LogP contribution in [0.15, 0.2) is 60.9 Å². The van der Waals surface area contributed by atoms with Crippen LogP contribution in [0.25, 0.3) is 11.0 Å². The van der Waals surface area contributed by atoms with Gasteiger partial charge in [-0.05, 0) is 30.5 Å². The van der Waals surface area contributed by atoms with Crippen molar-refractivity contribution < 1.29 is 4.92 Å². The fourth-order valence-electron chi connectivity index (χ4n) is 5.43. The van der Waals surface area contributed by atoms with Crippen LogP contribution in [0, 0.1) is 10.1 Å². The topological polar surface area (TPSA) is 109 Å².